The molecule has 0 saturated carbocycles. The maximum Gasteiger partial charge on any atom is 0.306 e. The van der Waals surface area contributed by atoms with Crippen molar-refractivity contribution >= 4 is 17.9 Å². The maximum absolute atomic E-state index is 12.9. The molecule has 1 atom stereocenters. The summed E-state index contributed by atoms with van der Waals surface area (Å²) in [6, 6.07) is 0. The molecule has 0 spiro atoms. The van der Waals surface area contributed by atoms with E-state index in [0.717, 1.165) is 83.5 Å². The maximum atomic E-state index is 12.9. The number of unbranched alkanes of at least 4 members (excludes halogenated alkanes) is 32. The molecule has 6 nitrogen and oxygen atoms in total. The normalized spacial score (nSPS) is 12.8. The lowest BCUT2D eigenvalue weighted by molar-refractivity contribution is -0.166. The van der Waals surface area contributed by atoms with Crippen LogP contribution in [0, 0.1) is 0 Å². The van der Waals surface area contributed by atoms with Crippen LogP contribution in [-0.2, 0) is 28.6 Å². The topological polar surface area (TPSA) is 78.9 Å². The van der Waals surface area contributed by atoms with Gasteiger partial charge in [0.05, 0.1) is 0 Å². The predicted molar refractivity (Wildman–Crippen MR) is 348 cm³/mol. The van der Waals surface area contributed by atoms with E-state index >= 15 is 0 Å². The Bertz CT molecular complexity index is 1610. The van der Waals surface area contributed by atoms with Gasteiger partial charge < -0.3 is 14.2 Å². The molecule has 458 valence electrons. The number of rotatable bonds is 61. The Kier molecular flexibility index (Phi) is 64.3. The van der Waals surface area contributed by atoms with Crippen LogP contribution < -0.4 is 0 Å². The van der Waals surface area contributed by atoms with Gasteiger partial charge in [-0.1, -0.05) is 329 Å². The first-order valence-corrected chi connectivity index (χ1v) is 33.9. The number of hydrogen-bond donors (Lipinski definition) is 0. The van der Waals surface area contributed by atoms with E-state index in [-0.39, 0.29) is 44.0 Å². The van der Waals surface area contributed by atoms with Crippen molar-refractivity contribution in [2.24, 2.45) is 0 Å². The van der Waals surface area contributed by atoms with E-state index < -0.39 is 6.10 Å². The first kappa shape index (κ1) is 76.1. The van der Waals surface area contributed by atoms with Crippen molar-refractivity contribution in [3.63, 3.8) is 0 Å². The summed E-state index contributed by atoms with van der Waals surface area (Å²) in [7, 11) is 0. The molecule has 0 heterocycles. The second-order valence-corrected chi connectivity index (χ2v) is 22.3. The van der Waals surface area contributed by atoms with Gasteiger partial charge in [-0.3, -0.25) is 14.4 Å². The fourth-order valence-corrected chi connectivity index (χ4v) is 9.55. The molecule has 0 aliphatic carbocycles. The second kappa shape index (κ2) is 67.6. The summed E-state index contributed by atoms with van der Waals surface area (Å²) in [5, 5.41) is 0. The van der Waals surface area contributed by atoms with E-state index in [2.05, 4.69) is 118 Å². The van der Waals surface area contributed by atoms with Crippen molar-refractivity contribution in [3.8, 4) is 0 Å². The Hall–Kier alpha value is -3.93. The molecule has 0 saturated heterocycles. The van der Waals surface area contributed by atoms with E-state index in [1.165, 1.54) is 186 Å². The van der Waals surface area contributed by atoms with Gasteiger partial charge in [0.2, 0.25) is 0 Å². The van der Waals surface area contributed by atoms with Gasteiger partial charge in [-0.15, -0.1) is 0 Å². The number of hydrogen-bond acceptors (Lipinski definition) is 6. The summed E-state index contributed by atoms with van der Waals surface area (Å²) in [5.74, 6) is -1.06. The van der Waals surface area contributed by atoms with E-state index in [0.29, 0.717) is 19.3 Å². The Balaban J connectivity index is 4.23. The second-order valence-electron chi connectivity index (χ2n) is 22.3. The minimum Gasteiger partial charge on any atom is -0.462 e. The molecular formula is C74H126O6. The first-order valence-electron chi connectivity index (χ1n) is 33.9. The number of allylic oxidation sites excluding steroid dienone is 18. The van der Waals surface area contributed by atoms with Crippen LogP contribution >= 0.6 is 0 Å². The van der Waals surface area contributed by atoms with E-state index in [9.17, 15) is 14.4 Å². The zero-order valence-corrected chi connectivity index (χ0v) is 52.6. The van der Waals surface area contributed by atoms with Crippen molar-refractivity contribution in [1.29, 1.82) is 0 Å². The summed E-state index contributed by atoms with van der Waals surface area (Å²) >= 11 is 0. The summed E-state index contributed by atoms with van der Waals surface area (Å²) < 4.78 is 16.8. The first-order chi connectivity index (χ1) is 39.5. The Morgan fingerprint density at radius 1 is 0.263 bits per heavy atom. The largest absolute Gasteiger partial charge is 0.462 e. The summed E-state index contributed by atoms with van der Waals surface area (Å²) in [6.45, 7) is 6.33. The van der Waals surface area contributed by atoms with Gasteiger partial charge in [0, 0.05) is 19.3 Å². The number of ether oxygens (including phenoxy) is 3. The van der Waals surface area contributed by atoms with Crippen LogP contribution in [0.25, 0.3) is 0 Å². The molecule has 0 fully saturated rings. The lowest BCUT2D eigenvalue weighted by Gasteiger charge is -2.18. The van der Waals surface area contributed by atoms with Crippen molar-refractivity contribution in [2.45, 2.75) is 329 Å². The Morgan fingerprint density at radius 2 is 0.512 bits per heavy atom. The molecule has 0 aromatic heterocycles. The number of carbonyl (C=O) groups excluding carboxylic acids is 3. The number of esters is 3. The zero-order valence-electron chi connectivity index (χ0n) is 52.6. The molecule has 6 heteroatoms. The molecule has 0 radical (unpaired) electrons. The van der Waals surface area contributed by atoms with Gasteiger partial charge in [-0.25, -0.2) is 0 Å². The van der Waals surface area contributed by atoms with E-state index in [1.54, 1.807) is 0 Å². The predicted octanol–water partition coefficient (Wildman–Crippen LogP) is 23.4. The van der Waals surface area contributed by atoms with Gasteiger partial charge in [-0.05, 0) is 83.5 Å². The molecule has 0 aromatic carbocycles. The van der Waals surface area contributed by atoms with Gasteiger partial charge in [0.1, 0.15) is 13.2 Å². The van der Waals surface area contributed by atoms with Gasteiger partial charge >= 0.3 is 17.9 Å². The van der Waals surface area contributed by atoms with Crippen LogP contribution in [0.5, 0.6) is 0 Å². The van der Waals surface area contributed by atoms with Gasteiger partial charge in [0.15, 0.2) is 6.10 Å². The van der Waals surface area contributed by atoms with E-state index in [1.807, 2.05) is 12.2 Å². The zero-order chi connectivity index (χ0) is 57.8. The lowest BCUT2D eigenvalue weighted by Crippen LogP contribution is -2.30. The third-order valence-corrected chi connectivity index (χ3v) is 14.5. The lowest BCUT2D eigenvalue weighted by atomic mass is 10.0. The molecular weight excluding hydrogens is 985 g/mol. The van der Waals surface area contributed by atoms with Crippen LogP contribution in [0.3, 0.4) is 0 Å². The third kappa shape index (κ3) is 64.9. The van der Waals surface area contributed by atoms with Crippen molar-refractivity contribution in [2.75, 3.05) is 13.2 Å². The molecule has 0 aromatic rings. The molecule has 0 aliphatic rings. The van der Waals surface area contributed by atoms with Crippen LogP contribution in [-0.4, -0.2) is 37.2 Å². The van der Waals surface area contributed by atoms with Gasteiger partial charge in [0.25, 0.3) is 0 Å². The highest BCUT2D eigenvalue weighted by Crippen LogP contribution is 2.18. The van der Waals surface area contributed by atoms with Crippen LogP contribution in [0.4, 0.5) is 0 Å². The quantitative estimate of drug-likeness (QED) is 0.0261. The smallest absolute Gasteiger partial charge is 0.306 e. The summed E-state index contributed by atoms with van der Waals surface area (Å²) in [4.78, 5) is 38.2. The highest BCUT2D eigenvalue weighted by Gasteiger charge is 2.19. The fourth-order valence-electron chi connectivity index (χ4n) is 9.55. The van der Waals surface area contributed by atoms with Crippen molar-refractivity contribution < 1.29 is 28.6 Å². The Morgan fingerprint density at radius 3 is 0.825 bits per heavy atom. The highest BCUT2D eigenvalue weighted by atomic mass is 16.6. The summed E-state index contributed by atoms with van der Waals surface area (Å²) in [5.41, 5.74) is 0. The monoisotopic (exact) mass is 1110 g/mol. The molecule has 0 bridgehead atoms. The summed E-state index contributed by atoms with van der Waals surface area (Å²) in [6.07, 6.45) is 93.1. The Labute approximate surface area is 495 Å². The number of carbonyl (C=O) groups is 3. The fraction of sp³-hybridized carbons (Fsp3) is 0.716. The van der Waals surface area contributed by atoms with Crippen molar-refractivity contribution in [3.05, 3.63) is 109 Å². The van der Waals surface area contributed by atoms with Crippen LogP contribution in [0.1, 0.15) is 323 Å². The van der Waals surface area contributed by atoms with Crippen molar-refractivity contribution in [1.82, 2.24) is 0 Å². The van der Waals surface area contributed by atoms with Crippen LogP contribution in [0.2, 0.25) is 0 Å². The molecule has 0 aliphatic heterocycles. The average Bonchev–Trinajstić information content (AvgIpc) is 3.46. The molecule has 0 amide bonds. The molecule has 0 N–H and O–H groups in total. The van der Waals surface area contributed by atoms with Gasteiger partial charge in [-0.2, -0.15) is 0 Å². The minimum atomic E-state index is -0.838. The molecule has 1 unspecified atom stereocenters. The highest BCUT2D eigenvalue weighted by molar-refractivity contribution is 5.71. The van der Waals surface area contributed by atoms with Crippen LogP contribution in [0.15, 0.2) is 109 Å². The third-order valence-electron chi connectivity index (χ3n) is 14.5. The molecule has 0 rings (SSSR count). The minimum absolute atomic E-state index is 0.122. The molecule has 80 heavy (non-hydrogen) atoms. The van der Waals surface area contributed by atoms with E-state index in [4.69, 9.17) is 14.2 Å². The standard InChI is InChI=1S/C74H126O6/c1-4-7-10-13-16-19-22-25-27-29-30-31-32-33-34-35-36-37-38-39-40-41-42-43-45-46-49-52-55-58-61-64-67-73(76)79-70-71(69-78-72(75)66-63-60-57-54-51-48-24-21-18-15-12-9-6-3)80-74(77)68-65-62-59-56-53-50-47-44-28-26-23-20-17-14-11-8-5-2/h8-9,11-12,17-18,20-21,26,28,47-48,50-51,56-57,59-60,71H,4-7,10,13-16,19,22-25,27,29-46,49,52-55,58,61-70H2,1-3H3/b11-8-,12-9-,20-17-,21-18-,28-26-,50-47-,51-48-,59-56-,60-57-. The average molecular weight is 1110 g/mol. The SMILES string of the molecule is CC/C=C\C/C=C\C/C=C\C/C=C\C/C=C\CCCC(=O)OC(COC(=O)CC/C=C\C/C=C\C/C=C\C/C=C\CC)COC(=O)CCCCCCCCCCCCCCCCCCCCCCCCCCCCCCCCCC.